The van der Waals surface area contributed by atoms with E-state index in [1.165, 1.54) is 0 Å². The lowest BCUT2D eigenvalue weighted by Crippen LogP contribution is -1.98. The summed E-state index contributed by atoms with van der Waals surface area (Å²) < 4.78 is 0. The Morgan fingerprint density at radius 2 is 2.27 bits per heavy atom. The van der Waals surface area contributed by atoms with Crippen LogP contribution < -0.4 is 0 Å². The van der Waals surface area contributed by atoms with Crippen molar-refractivity contribution in [3.05, 3.63) is 36.0 Å². The van der Waals surface area contributed by atoms with Crippen molar-refractivity contribution in [1.82, 2.24) is 0 Å². The van der Waals surface area contributed by atoms with Gasteiger partial charge in [0.05, 0.1) is 0 Å². The summed E-state index contributed by atoms with van der Waals surface area (Å²) in [5, 5.41) is 1.59. The second kappa shape index (κ2) is 4.31. The summed E-state index contributed by atoms with van der Waals surface area (Å²) in [6, 6.07) is 0. The van der Waals surface area contributed by atoms with Crippen LogP contribution in [0.3, 0.4) is 0 Å². The van der Waals surface area contributed by atoms with E-state index < -0.39 is 0 Å². The van der Waals surface area contributed by atoms with E-state index in [1.807, 2.05) is 24.3 Å². The zero-order valence-corrected chi connectivity index (χ0v) is 7.62. The van der Waals surface area contributed by atoms with E-state index in [1.54, 1.807) is 5.37 Å². The van der Waals surface area contributed by atoms with Gasteiger partial charge in [-0.2, -0.15) is 0 Å². The molecule has 2 heteroatoms. The maximum absolute atomic E-state index is 5.12. The van der Waals surface area contributed by atoms with E-state index >= 15 is 0 Å². The number of allylic oxidation sites excluding steroid dienone is 6. The Bertz CT molecular complexity index is 257. The zero-order chi connectivity index (χ0) is 8.10. The Labute approximate surface area is 77.3 Å². The summed E-state index contributed by atoms with van der Waals surface area (Å²) in [5.41, 5.74) is 1.10. The van der Waals surface area contributed by atoms with Gasteiger partial charge in [-0.25, -0.2) is 0 Å². The van der Waals surface area contributed by atoms with Crippen LogP contribution in [0.25, 0.3) is 0 Å². The molecule has 1 rings (SSSR count). The van der Waals surface area contributed by atoms with Crippen LogP contribution in [0.1, 0.15) is 6.42 Å². The molecule has 0 saturated carbocycles. The fourth-order valence-corrected chi connectivity index (χ4v) is 1.16. The first kappa shape index (κ1) is 8.50. The maximum Gasteiger partial charge on any atom is 0.0262 e. The van der Waals surface area contributed by atoms with Gasteiger partial charge in [0.15, 0.2) is 0 Å². The van der Waals surface area contributed by atoms with Crippen molar-refractivity contribution in [3.63, 3.8) is 0 Å². The molecule has 0 radical (unpaired) electrons. The summed E-state index contributed by atoms with van der Waals surface area (Å²) in [6.07, 6.45) is 10.7. The van der Waals surface area contributed by atoms with E-state index in [9.17, 15) is 0 Å². The van der Waals surface area contributed by atoms with E-state index in [0.717, 1.165) is 16.9 Å². The molecule has 0 aromatic heterocycles. The molecule has 0 bridgehead atoms. The van der Waals surface area contributed by atoms with Gasteiger partial charge in [0, 0.05) is 16.7 Å². The Balaban J connectivity index is 2.76. The third-order valence-electron chi connectivity index (χ3n) is 1.39. The standard InChI is InChI=1S/C9H8S2/c10-7-3-5-8-4-1-2-6-9(8)11/h1-5,7H,6H2. The van der Waals surface area contributed by atoms with Crippen molar-refractivity contribution < 1.29 is 0 Å². The highest BCUT2D eigenvalue weighted by molar-refractivity contribution is 7.81. The zero-order valence-electron chi connectivity index (χ0n) is 5.99. The molecule has 0 saturated heterocycles. The molecule has 0 nitrogen and oxygen atoms in total. The Hall–Kier alpha value is -0.600. The van der Waals surface area contributed by atoms with E-state index in [0.29, 0.717) is 0 Å². The quantitative estimate of drug-likeness (QED) is 0.473. The Kier molecular flexibility index (Phi) is 3.33. The predicted octanol–water partition coefficient (Wildman–Crippen LogP) is 2.80. The molecule has 11 heavy (non-hydrogen) atoms. The normalized spacial score (nSPS) is 17.1. The number of rotatable bonds is 2. The van der Waals surface area contributed by atoms with Crippen LogP contribution in [0.15, 0.2) is 36.0 Å². The Morgan fingerprint density at radius 3 is 2.91 bits per heavy atom. The van der Waals surface area contributed by atoms with Crippen molar-refractivity contribution in [2.45, 2.75) is 6.42 Å². The summed E-state index contributed by atoms with van der Waals surface area (Å²) >= 11 is 9.78. The van der Waals surface area contributed by atoms with E-state index in [-0.39, 0.29) is 0 Å². The SMILES string of the molecule is S=CC=CC1=CC=CCC1=S. The molecule has 0 spiro atoms. The van der Waals surface area contributed by atoms with Gasteiger partial charge in [0.25, 0.3) is 0 Å². The maximum atomic E-state index is 5.12. The topological polar surface area (TPSA) is 0 Å². The molecular weight excluding hydrogens is 172 g/mol. The van der Waals surface area contributed by atoms with E-state index in [4.69, 9.17) is 12.2 Å². The molecule has 56 valence electrons. The summed E-state index contributed by atoms with van der Waals surface area (Å²) in [7, 11) is 0. The highest BCUT2D eigenvalue weighted by atomic mass is 32.1. The first-order valence-electron chi connectivity index (χ1n) is 3.36. The lowest BCUT2D eigenvalue weighted by Gasteiger charge is -2.04. The van der Waals surface area contributed by atoms with Crippen LogP contribution in [0.2, 0.25) is 0 Å². The lowest BCUT2D eigenvalue weighted by molar-refractivity contribution is 1.47. The molecule has 0 aromatic rings. The molecule has 0 amide bonds. The highest BCUT2D eigenvalue weighted by Gasteiger charge is 2.00. The van der Waals surface area contributed by atoms with Gasteiger partial charge in [0.2, 0.25) is 0 Å². The van der Waals surface area contributed by atoms with Crippen molar-refractivity contribution >= 4 is 34.7 Å². The minimum atomic E-state index is 0.878. The van der Waals surface area contributed by atoms with Crippen LogP contribution in [-0.4, -0.2) is 10.2 Å². The fraction of sp³-hybridized carbons (Fsp3) is 0.111. The van der Waals surface area contributed by atoms with Gasteiger partial charge in [-0.3, -0.25) is 0 Å². The second-order valence-electron chi connectivity index (χ2n) is 2.17. The van der Waals surface area contributed by atoms with Crippen LogP contribution in [-0.2, 0) is 0 Å². The molecule has 0 aromatic carbocycles. The van der Waals surface area contributed by atoms with Crippen LogP contribution in [0.4, 0.5) is 0 Å². The smallest absolute Gasteiger partial charge is 0.0262 e. The lowest BCUT2D eigenvalue weighted by atomic mass is 10.0. The van der Waals surface area contributed by atoms with Crippen molar-refractivity contribution in [1.29, 1.82) is 0 Å². The van der Waals surface area contributed by atoms with Gasteiger partial charge in [-0.15, -0.1) is 0 Å². The molecule has 0 aliphatic heterocycles. The minimum absolute atomic E-state index is 0.878. The number of thiocarbonyl (C=S) groups is 2. The molecule has 0 N–H and O–H groups in total. The largest absolute Gasteiger partial charge is 0.0887 e. The van der Waals surface area contributed by atoms with E-state index in [2.05, 4.69) is 18.3 Å². The minimum Gasteiger partial charge on any atom is -0.0887 e. The van der Waals surface area contributed by atoms with Gasteiger partial charge in [0.1, 0.15) is 0 Å². The van der Waals surface area contributed by atoms with Crippen LogP contribution in [0, 0.1) is 0 Å². The molecule has 0 heterocycles. The third-order valence-corrected chi connectivity index (χ3v) is 1.95. The fourth-order valence-electron chi connectivity index (χ4n) is 0.849. The monoisotopic (exact) mass is 180 g/mol. The molecule has 0 atom stereocenters. The van der Waals surface area contributed by atoms with Gasteiger partial charge in [-0.05, 0) is 5.57 Å². The predicted molar refractivity (Wildman–Crippen MR) is 57.2 cm³/mol. The number of hydrogen-bond acceptors (Lipinski definition) is 2. The molecule has 0 unspecified atom stereocenters. The Morgan fingerprint density at radius 1 is 1.45 bits per heavy atom. The first-order chi connectivity index (χ1) is 5.34. The molecule has 0 fully saturated rings. The third kappa shape index (κ3) is 2.48. The second-order valence-corrected chi connectivity index (χ2v) is 2.94. The average Bonchev–Trinajstić information content (AvgIpc) is 2.03. The van der Waals surface area contributed by atoms with Gasteiger partial charge >= 0.3 is 0 Å². The van der Waals surface area contributed by atoms with Gasteiger partial charge < -0.3 is 0 Å². The first-order valence-corrected chi connectivity index (χ1v) is 4.24. The van der Waals surface area contributed by atoms with Crippen molar-refractivity contribution in [2.24, 2.45) is 0 Å². The van der Waals surface area contributed by atoms with Crippen molar-refractivity contribution in [2.75, 3.05) is 0 Å². The summed E-state index contributed by atoms with van der Waals surface area (Å²) in [6.45, 7) is 0. The van der Waals surface area contributed by atoms with Crippen LogP contribution >= 0.6 is 24.4 Å². The van der Waals surface area contributed by atoms with Crippen molar-refractivity contribution in [3.8, 4) is 0 Å². The summed E-state index contributed by atoms with van der Waals surface area (Å²) in [4.78, 5) is 0.987. The summed E-state index contributed by atoms with van der Waals surface area (Å²) in [5.74, 6) is 0. The molecule has 1 aliphatic carbocycles. The number of hydrogen-bond donors (Lipinski definition) is 0. The average molecular weight is 180 g/mol. The molecule has 1 aliphatic rings. The van der Waals surface area contributed by atoms with Crippen LogP contribution in [0.5, 0.6) is 0 Å². The molecular formula is C9H8S2. The highest BCUT2D eigenvalue weighted by Crippen LogP contribution is 2.10. The van der Waals surface area contributed by atoms with Gasteiger partial charge in [-0.1, -0.05) is 54.8 Å².